The standard InChI is InChI=1S/C25H14Cl2O3/c26-24-21-17-9-13-5-1-2-6-14(13)10-18(17)22(25(24,27)30-23(28)29-24)20-12-16-8-4-3-7-15(16)11-19(20)21/h1-12,21-22H. The van der Waals surface area contributed by atoms with Gasteiger partial charge in [-0.15, -0.1) is 0 Å². The van der Waals surface area contributed by atoms with E-state index >= 15 is 0 Å². The fourth-order valence-corrected chi connectivity index (χ4v) is 6.49. The number of carbonyl (C=O) groups is 1. The molecule has 4 aliphatic rings. The average molecular weight is 433 g/mol. The number of ether oxygens (including phenoxy) is 2. The summed E-state index contributed by atoms with van der Waals surface area (Å²) < 4.78 is 11.2. The molecule has 2 atom stereocenters. The molecular weight excluding hydrogens is 419 g/mol. The molecule has 0 spiro atoms. The molecule has 3 nitrogen and oxygen atoms in total. The predicted octanol–water partition coefficient (Wildman–Crippen LogP) is 6.62. The van der Waals surface area contributed by atoms with Gasteiger partial charge in [0.25, 0.3) is 10.1 Å². The van der Waals surface area contributed by atoms with Gasteiger partial charge in [0.05, 0.1) is 11.8 Å². The Kier molecular flexibility index (Phi) is 2.99. The van der Waals surface area contributed by atoms with Gasteiger partial charge in [0.2, 0.25) is 0 Å². The summed E-state index contributed by atoms with van der Waals surface area (Å²) in [5.41, 5.74) is 4.13. The normalized spacial score (nSPS) is 30.5. The Hall–Kier alpha value is -2.75. The maximum absolute atomic E-state index is 12.3. The third-order valence-corrected chi connectivity index (χ3v) is 8.07. The summed E-state index contributed by atoms with van der Waals surface area (Å²) in [7, 11) is 0. The molecular formula is C25H14Cl2O3. The van der Waals surface area contributed by atoms with Crippen molar-refractivity contribution in [2.75, 3.05) is 0 Å². The second-order valence-corrected chi connectivity index (χ2v) is 9.39. The van der Waals surface area contributed by atoms with Gasteiger partial charge in [-0.25, -0.2) is 4.79 Å². The lowest BCUT2D eigenvalue weighted by molar-refractivity contribution is 0.0333. The molecule has 1 fully saturated rings. The van der Waals surface area contributed by atoms with Crippen LogP contribution < -0.4 is 0 Å². The number of alkyl halides is 2. The molecule has 1 saturated heterocycles. The maximum Gasteiger partial charge on any atom is 0.512 e. The number of halogens is 2. The SMILES string of the molecule is O=C1OC2(Cl)C3c4cc5ccccc5cc4C(c4cc5ccccc5cc43)C2(Cl)O1. The lowest BCUT2D eigenvalue weighted by atomic mass is 9.59. The first kappa shape index (κ1) is 17.0. The number of benzene rings is 4. The highest BCUT2D eigenvalue weighted by Crippen LogP contribution is 2.69. The molecule has 5 heteroatoms. The summed E-state index contributed by atoms with van der Waals surface area (Å²) in [4.78, 5) is 12.3. The number of rotatable bonds is 0. The Labute approximate surface area is 182 Å². The minimum absolute atomic E-state index is 0.438. The van der Waals surface area contributed by atoms with Gasteiger partial charge in [-0.3, -0.25) is 0 Å². The molecule has 1 heterocycles. The first-order valence-electron chi connectivity index (χ1n) is 9.84. The van der Waals surface area contributed by atoms with Crippen molar-refractivity contribution in [3.63, 3.8) is 0 Å². The molecule has 8 rings (SSSR count). The molecule has 0 aromatic heterocycles. The van der Waals surface area contributed by atoms with E-state index in [-0.39, 0.29) is 0 Å². The molecule has 0 radical (unpaired) electrons. The van der Waals surface area contributed by atoms with E-state index in [0.717, 1.165) is 43.8 Å². The minimum atomic E-state index is -1.51. The van der Waals surface area contributed by atoms with Crippen LogP contribution in [0.5, 0.6) is 0 Å². The average Bonchev–Trinajstić information content (AvgIpc) is 2.99. The Balaban J connectivity index is 1.63. The van der Waals surface area contributed by atoms with E-state index in [2.05, 4.69) is 48.5 Å². The predicted molar refractivity (Wildman–Crippen MR) is 116 cm³/mol. The summed E-state index contributed by atoms with van der Waals surface area (Å²) in [5.74, 6) is -0.875. The van der Waals surface area contributed by atoms with E-state index < -0.39 is 28.1 Å². The lowest BCUT2D eigenvalue weighted by Crippen LogP contribution is -2.58. The topological polar surface area (TPSA) is 35.5 Å². The first-order chi connectivity index (χ1) is 14.5. The van der Waals surface area contributed by atoms with Gasteiger partial charge in [-0.2, -0.15) is 0 Å². The van der Waals surface area contributed by atoms with Crippen LogP contribution in [0.3, 0.4) is 0 Å². The van der Waals surface area contributed by atoms with Gasteiger partial charge in [-0.1, -0.05) is 96.0 Å². The number of hydrogen-bond donors (Lipinski definition) is 0. The maximum atomic E-state index is 12.3. The Morgan fingerprint density at radius 1 is 0.600 bits per heavy atom. The fourth-order valence-electron chi connectivity index (χ4n) is 5.60. The molecule has 0 amide bonds. The van der Waals surface area contributed by atoms with Gasteiger partial charge in [0, 0.05) is 0 Å². The van der Waals surface area contributed by atoms with Gasteiger partial charge in [-0.05, 0) is 43.8 Å². The monoisotopic (exact) mass is 432 g/mol. The quantitative estimate of drug-likeness (QED) is 0.231. The minimum Gasteiger partial charge on any atom is -0.405 e. The van der Waals surface area contributed by atoms with Crippen LogP contribution in [0.25, 0.3) is 21.5 Å². The van der Waals surface area contributed by atoms with Crippen molar-refractivity contribution >= 4 is 50.9 Å². The molecule has 2 bridgehead atoms. The third-order valence-electron chi connectivity index (χ3n) is 6.82. The summed E-state index contributed by atoms with van der Waals surface area (Å²) in [6.07, 6.45) is -0.829. The Bertz CT molecular complexity index is 1240. The van der Waals surface area contributed by atoms with Crippen molar-refractivity contribution in [1.29, 1.82) is 0 Å². The van der Waals surface area contributed by atoms with Crippen LogP contribution in [0.2, 0.25) is 0 Å². The number of fused-ring (bicyclic) bond motifs is 2. The van der Waals surface area contributed by atoms with Crippen molar-refractivity contribution in [3.8, 4) is 0 Å². The second kappa shape index (κ2) is 5.29. The molecule has 4 aromatic rings. The summed E-state index contributed by atoms with van der Waals surface area (Å²) in [6.45, 7) is 0. The Morgan fingerprint density at radius 2 is 0.900 bits per heavy atom. The first-order valence-corrected chi connectivity index (χ1v) is 10.6. The van der Waals surface area contributed by atoms with Gasteiger partial charge >= 0.3 is 6.16 Å². The van der Waals surface area contributed by atoms with E-state index in [0.29, 0.717) is 0 Å². The summed E-state index contributed by atoms with van der Waals surface area (Å²) in [5, 5.41) is 1.41. The highest BCUT2D eigenvalue weighted by Gasteiger charge is 2.75. The van der Waals surface area contributed by atoms with Gasteiger partial charge < -0.3 is 9.47 Å². The van der Waals surface area contributed by atoms with Crippen LogP contribution in [0.15, 0.2) is 72.8 Å². The molecule has 2 unspecified atom stereocenters. The van der Waals surface area contributed by atoms with Crippen molar-refractivity contribution in [2.45, 2.75) is 22.0 Å². The second-order valence-electron chi connectivity index (χ2n) is 8.27. The highest BCUT2D eigenvalue weighted by atomic mass is 35.5. The zero-order chi connectivity index (χ0) is 20.3. The zero-order valence-corrected chi connectivity index (χ0v) is 17.1. The van der Waals surface area contributed by atoms with E-state index in [4.69, 9.17) is 32.7 Å². The van der Waals surface area contributed by atoms with Crippen LogP contribution in [0.4, 0.5) is 4.79 Å². The zero-order valence-electron chi connectivity index (χ0n) is 15.6. The van der Waals surface area contributed by atoms with Crippen LogP contribution in [-0.4, -0.2) is 16.3 Å². The summed E-state index contributed by atoms with van der Waals surface area (Å²) >= 11 is 14.1. The molecule has 1 aliphatic heterocycles. The van der Waals surface area contributed by atoms with E-state index in [9.17, 15) is 4.79 Å². The van der Waals surface area contributed by atoms with Crippen LogP contribution >= 0.6 is 23.2 Å². The lowest BCUT2D eigenvalue weighted by Gasteiger charge is -2.52. The van der Waals surface area contributed by atoms with Crippen LogP contribution in [-0.2, 0) is 9.47 Å². The highest BCUT2D eigenvalue weighted by molar-refractivity contribution is 6.36. The molecule has 0 saturated carbocycles. The molecule has 3 aliphatic carbocycles. The van der Waals surface area contributed by atoms with Gasteiger partial charge in [0.15, 0.2) is 0 Å². The fraction of sp³-hybridized carbons (Fsp3) is 0.160. The number of hydrogen-bond acceptors (Lipinski definition) is 3. The smallest absolute Gasteiger partial charge is 0.405 e. The van der Waals surface area contributed by atoms with Crippen molar-refractivity contribution < 1.29 is 14.3 Å². The summed E-state index contributed by atoms with van der Waals surface area (Å²) in [6, 6.07) is 24.9. The third kappa shape index (κ3) is 1.82. The largest absolute Gasteiger partial charge is 0.512 e. The van der Waals surface area contributed by atoms with E-state index in [1.165, 1.54) is 0 Å². The van der Waals surface area contributed by atoms with E-state index in [1.54, 1.807) is 0 Å². The van der Waals surface area contributed by atoms with Crippen molar-refractivity contribution in [2.24, 2.45) is 0 Å². The number of carbonyl (C=O) groups excluding carboxylic acids is 1. The van der Waals surface area contributed by atoms with Crippen LogP contribution in [0, 0.1) is 0 Å². The molecule has 0 N–H and O–H groups in total. The Morgan fingerprint density at radius 3 is 1.20 bits per heavy atom. The van der Waals surface area contributed by atoms with Crippen molar-refractivity contribution in [3.05, 3.63) is 95.1 Å². The molecule has 4 aromatic carbocycles. The van der Waals surface area contributed by atoms with E-state index in [1.807, 2.05) is 24.3 Å². The molecule has 146 valence electrons. The van der Waals surface area contributed by atoms with Gasteiger partial charge in [0.1, 0.15) is 0 Å². The molecule has 30 heavy (non-hydrogen) atoms. The van der Waals surface area contributed by atoms with Crippen molar-refractivity contribution in [1.82, 2.24) is 0 Å². The van der Waals surface area contributed by atoms with Crippen LogP contribution in [0.1, 0.15) is 34.1 Å².